The summed E-state index contributed by atoms with van der Waals surface area (Å²) in [5.41, 5.74) is 2.49. The molecule has 7 heteroatoms. The van der Waals surface area contributed by atoms with Gasteiger partial charge in [-0.3, -0.25) is 4.79 Å². The fraction of sp³-hybridized carbons (Fsp3) is 0.542. The van der Waals surface area contributed by atoms with Crippen molar-refractivity contribution in [1.82, 2.24) is 15.3 Å². The van der Waals surface area contributed by atoms with Gasteiger partial charge in [0.1, 0.15) is 17.2 Å². The van der Waals surface area contributed by atoms with E-state index in [1.54, 1.807) is 18.1 Å². The number of anilines is 1. The number of hydrogen-bond donors (Lipinski definition) is 1. The molecular formula is C24H34N4O2S. The van der Waals surface area contributed by atoms with Crippen molar-refractivity contribution in [3.05, 3.63) is 41.7 Å². The highest BCUT2D eigenvalue weighted by atomic mass is 32.2. The summed E-state index contributed by atoms with van der Waals surface area (Å²) < 4.78 is 5.52. The molecule has 0 bridgehead atoms. The Labute approximate surface area is 190 Å². The van der Waals surface area contributed by atoms with E-state index in [1.165, 1.54) is 16.0 Å². The van der Waals surface area contributed by atoms with E-state index in [1.807, 2.05) is 13.8 Å². The summed E-state index contributed by atoms with van der Waals surface area (Å²) in [7, 11) is 0. The Balaban J connectivity index is 1.49. The van der Waals surface area contributed by atoms with Crippen molar-refractivity contribution in [2.24, 2.45) is 5.92 Å². The minimum atomic E-state index is 0.0768. The average molecular weight is 443 g/mol. The first-order valence-electron chi connectivity index (χ1n) is 11.1. The quantitative estimate of drug-likeness (QED) is 0.459. The molecule has 168 valence electrons. The van der Waals surface area contributed by atoms with Gasteiger partial charge in [-0.25, -0.2) is 9.97 Å². The molecule has 0 saturated carbocycles. The lowest BCUT2D eigenvalue weighted by Crippen LogP contribution is -2.41. The summed E-state index contributed by atoms with van der Waals surface area (Å²) in [5.74, 6) is 1.18. The monoisotopic (exact) mass is 442 g/mol. The fourth-order valence-corrected chi connectivity index (χ4v) is 4.57. The Bertz CT molecular complexity index is 866. The third-order valence-corrected chi connectivity index (χ3v) is 6.54. The van der Waals surface area contributed by atoms with Gasteiger partial charge >= 0.3 is 0 Å². The molecule has 0 unspecified atom stereocenters. The lowest BCUT2D eigenvalue weighted by molar-refractivity contribution is -0.125. The minimum Gasteiger partial charge on any atom is -0.379 e. The molecule has 1 aliphatic heterocycles. The molecule has 0 spiro atoms. The van der Waals surface area contributed by atoms with Crippen LogP contribution in [0.3, 0.4) is 0 Å². The Morgan fingerprint density at radius 1 is 1.23 bits per heavy atom. The Kier molecular flexibility index (Phi) is 8.72. The summed E-state index contributed by atoms with van der Waals surface area (Å²) in [5, 5.41) is 4.01. The largest absolute Gasteiger partial charge is 0.379 e. The molecular weight excluding hydrogens is 408 g/mol. The molecule has 2 aromatic rings. The lowest BCUT2D eigenvalue weighted by atomic mass is 9.96. The number of nitrogens with zero attached hydrogens (tertiary/aromatic N) is 3. The number of benzene rings is 1. The van der Waals surface area contributed by atoms with E-state index >= 15 is 0 Å². The van der Waals surface area contributed by atoms with Crippen LogP contribution in [0.25, 0.3) is 0 Å². The number of aryl methyl sites for hydroxylation is 2. The van der Waals surface area contributed by atoms with Crippen LogP contribution in [0.2, 0.25) is 0 Å². The number of amides is 1. The summed E-state index contributed by atoms with van der Waals surface area (Å²) in [4.78, 5) is 24.9. The Hall–Kier alpha value is -2.12. The van der Waals surface area contributed by atoms with Crippen LogP contribution >= 0.6 is 11.8 Å². The van der Waals surface area contributed by atoms with Gasteiger partial charge in [-0.1, -0.05) is 23.9 Å². The van der Waals surface area contributed by atoms with Gasteiger partial charge in [-0.2, -0.15) is 0 Å². The number of ether oxygens (including phenoxy) is 1. The zero-order valence-electron chi connectivity index (χ0n) is 19.1. The maximum absolute atomic E-state index is 12.5. The second-order valence-corrected chi connectivity index (χ2v) is 9.47. The predicted molar refractivity (Wildman–Crippen MR) is 126 cm³/mol. The molecule has 0 radical (unpaired) electrons. The van der Waals surface area contributed by atoms with Crippen molar-refractivity contribution in [1.29, 1.82) is 0 Å². The van der Waals surface area contributed by atoms with Crippen LogP contribution in [0.4, 0.5) is 5.82 Å². The van der Waals surface area contributed by atoms with E-state index < -0.39 is 0 Å². The number of rotatable bonds is 9. The van der Waals surface area contributed by atoms with Crippen LogP contribution < -0.4 is 10.2 Å². The average Bonchev–Trinajstić information content (AvgIpc) is 2.76. The highest BCUT2D eigenvalue weighted by molar-refractivity contribution is 7.99. The normalized spacial score (nSPS) is 14.8. The topological polar surface area (TPSA) is 67.4 Å². The Morgan fingerprint density at radius 3 is 2.74 bits per heavy atom. The maximum atomic E-state index is 12.5. The SMILES string of the molecule is Cc1ccc(C)c(Sc2cc(N3CCC(C(=O)NCCCOC(C)C)CC3)ncn2)c1. The number of carbonyl (C=O) groups excluding carboxylic acids is 1. The van der Waals surface area contributed by atoms with Gasteiger partial charge < -0.3 is 15.0 Å². The van der Waals surface area contributed by atoms with Gasteiger partial charge in [0, 0.05) is 43.1 Å². The van der Waals surface area contributed by atoms with Gasteiger partial charge in [-0.15, -0.1) is 0 Å². The first-order chi connectivity index (χ1) is 14.9. The number of carbonyl (C=O) groups is 1. The van der Waals surface area contributed by atoms with Crippen LogP contribution in [-0.4, -0.2) is 48.2 Å². The molecule has 1 saturated heterocycles. The zero-order valence-corrected chi connectivity index (χ0v) is 19.9. The number of piperidine rings is 1. The van der Waals surface area contributed by atoms with Gasteiger partial charge in [0.2, 0.25) is 5.91 Å². The third kappa shape index (κ3) is 7.21. The van der Waals surface area contributed by atoms with E-state index in [9.17, 15) is 4.79 Å². The smallest absolute Gasteiger partial charge is 0.223 e. The minimum absolute atomic E-state index is 0.0768. The summed E-state index contributed by atoms with van der Waals surface area (Å²) in [6.07, 6.45) is 4.42. The lowest BCUT2D eigenvalue weighted by Gasteiger charge is -2.32. The number of nitrogens with one attached hydrogen (secondary N) is 1. The zero-order chi connectivity index (χ0) is 22.2. The predicted octanol–water partition coefficient (Wildman–Crippen LogP) is 4.39. The van der Waals surface area contributed by atoms with Crippen molar-refractivity contribution < 1.29 is 9.53 Å². The fourth-order valence-electron chi connectivity index (χ4n) is 3.61. The van der Waals surface area contributed by atoms with Crippen LogP contribution in [0.15, 0.2) is 40.5 Å². The van der Waals surface area contributed by atoms with Crippen molar-refractivity contribution >= 4 is 23.5 Å². The molecule has 3 rings (SSSR count). The molecule has 1 aliphatic rings. The molecule has 6 nitrogen and oxygen atoms in total. The first kappa shape index (κ1) is 23.5. The molecule has 1 fully saturated rings. The van der Waals surface area contributed by atoms with Crippen LogP contribution in [0.5, 0.6) is 0 Å². The first-order valence-corrected chi connectivity index (χ1v) is 12.0. The van der Waals surface area contributed by atoms with Gasteiger partial charge in [0.25, 0.3) is 0 Å². The highest BCUT2D eigenvalue weighted by Gasteiger charge is 2.25. The van der Waals surface area contributed by atoms with Crippen molar-refractivity contribution in [2.75, 3.05) is 31.1 Å². The second kappa shape index (κ2) is 11.5. The molecule has 1 N–H and O–H groups in total. The van der Waals surface area contributed by atoms with Gasteiger partial charge in [0.05, 0.1) is 6.10 Å². The summed E-state index contributed by atoms with van der Waals surface area (Å²) in [6.45, 7) is 11.3. The van der Waals surface area contributed by atoms with Crippen LogP contribution in [0, 0.1) is 19.8 Å². The summed E-state index contributed by atoms with van der Waals surface area (Å²) >= 11 is 1.67. The second-order valence-electron chi connectivity index (χ2n) is 8.41. The standard InChI is InChI=1S/C24H34N4O2S/c1-17(2)30-13-5-10-25-24(29)20-8-11-28(12-9-20)22-15-23(27-16-26-22)31-21-14-18(3)6-7-19(21)4/h6-7,14-17,20H,5,8-13H2,1-4H3,(H,25,29). The summed E-state index contributed by atoms with van der Waals surface area (Å²) in [6, 6.07) is 8.53. The van der Waals surface area contributed by atoms with Crippen molar-refractivity contribution in [3.63, 3.8) is 0 Å². The third-order valence-electron chi connectivity index (χ3n) is 5.45. The molecule has 2 heterocycles. The van der Waals surface area contributed by atoms with E-state index in [4.69, 9.17) is 4.74 Å². The molecule has 0 aliphatic carbocycles. The van der Waals surface area contributed by atoms with Gasteiger partial charge in [0.15, 0.2) is 0 Å². The Morgan fingerprint density at radius 2 is 2.00 bits per heavy atom. The van der Waals surface area contributed by atoms with Crippen molar-refractivity contribution in [2.45, 2.75) is 63.0 Å². The maximum Gasteiger partial charge on any atom is 0.223 e. The highest BCUT2D eigenvalue weighted by Crippen LogP contribution is 2.31. The van der Waals surface area contributed by atoms with Crippen molar-refractivity contribution in [3.8, 4) is 0 Å². The van der Waals surface area contributed by atoms with E-state index in [2.05, 4.69) is 58.3 Å². The van der Waals surface area contributed by atoms with Crippen LogP contribution in [-0.2, 0) is 9.53 Å². The number of aromatic nitrogens is 2. The molecule has 0 atom stereocenters. The molecule has 1 aromatic heterocycles. The van der Waals surface area contributed by atoms with Crippen LogP contribution in [0.1, 0.15) is 44.2 Å². The van der Waals surface area contributed by atoms with E-state index in [0.29, 0.717) is 13.2 Å². The molecule has 31 heavy (non-hydrogen) atoms. The molecule has 1 amide bonds. The molecule has 1 aromatic carbocycles. The van der Waals surface area contributed by atoms with Gasteiger partial charge in [-0.05, 0) is 64.2 Å². The number of hydrogen-bond acceptors (Lipinski definition) is 6. The van der Waals surface area contributed by atoms with E-state index in [0.717, 1.165) is 43.2 Å². The van der Waals surface area contributed by atoms with E-state index in [-0.39, 0.29) is 17.9 Å².